The number of pyridine rings is 1. The fourth-order valence-corrected chi connectivity index (χ4v) is 4.10. The Hall–Kier alpha value is -2.86. The number of alkyl halides is 3. The van der Waals surface area contributed by atoms with Crippen molar-refractivity contribution in [3.63, 3.8) is 0 Å². The molecule has 1 amide bonds. The summed E-state index contributed by atoms with van der Waals surface area (Å²) in [6.45, 7) is 2.19. The maximum atomic E-state index is 14.4. The molecule has 0 spiro atoms. The number of carbonyl (C=O) groups excluding carboxylic acids is 1. The molecule has 6 nitrogen and oxygen atoms in total. The SMILES string of the molecule is CNCc1cc(NC(=O)[C@@H]2O[C@@](C)(C(F)(F)F)[C@@H](C)[C@H]2c2ccc(F)c(F)c2OC)c(F)cn1. The molecule has 2 aromatic rings. The molecule has 0 bridgehead atoms. The van der Waals surface area contributed by atoms with Crippen molar-refractivity contribution in [3.8, 4) is 5.75 Å². The predicted octanol–water partition coefficient (Wildman–Crippen LogP) is 4.31. The molecule has 12 heteroatoms. The van der Waals surface area contributed by atoms with E-state index in [1.807, 2.05) is 0 Å². The van der Waals surface area contributed by atoms with Crippen molar-refractivity contribution in [2.75, 3.05) is 19.5 Å². The molecule has 2 heterocycles. The number of anilines is 1. The van der Waals surface area contributed by atoms with Crippen LogP contribution in [0.15, 0.2) is 24.4 Å². The Labute approximate surface area is 191 Å². The van der Waals surface area contributed by atoms with Crippen molar-refractivity contribution in [1.82, 2.24) is 10.3 Å². The van der Waals surface area contributed by atoms with Gasteiger partial charge in [-0.2, -0.15) is 17.6 Å². The first-order chi connectivity index (χ1) is 15.9. The van der Waals surface area contributed by atoms with E-state index in [4.69, 9.17) is 9.47 Å². The number of methoxy groups -OCH3 is 1. The summed E-state index contributed by atoms with van der Waals surface area (Å²) in [5.74, 6) is -8.18. The lowest BCUT2D eigenvalue weighted by molar-refractivity contribution is -0.272. The number of hydrogen-bond donors (Lipinski definition) is 2. The van der Waals surface area contributed by atoms with Gasteiger partial charge in [-0.1, -0.05) is 13.0 Å². The topological polar surface area (TPSA) is 72.5 Å². The minimum absolute atomic E-state index is 0.187. The van der Waals surface area contributed by atoms with Crippen molar-refractivity contribution >= 4 is 11.6 Å². The van der Waals surface area contributed by atoms with Crippen LogP contribution in [0.2, 0.25) is 0 Å². The highest BCUT2D eigenvalue weighted by molar-refractivity contribution is 5.95. The molecular formula is C22H23F6N3O3. The van der Waals surface area contributed by atoms with Gasteiger partial charge in [-0.3, -0.25) is 9.78 Å². The Bertz CT molecular complexity index is 1080. The third kappa shape index (κ3) is 4.43. The molecule has 186 valence electrons. The zero-order valence-corrected chi connectivity index (χ0v) is 18.7. The lowest BCUT2D eigenvalue weighted by atomic mass is 9.77. The molecular weight excluding hydrogens is 468 g/mol. The van der Waals surface area contributed by atoms with Gasteiger partial charge in [0.15, 0.2) is 23.0 Å². The normalized spacial score (nSPS) is 24.8. The summed E-state index contributed by atoms with van der Waals surface area (Å²) in [5, 5.41) is 5.04. The van der Waals surface area contributed by atoms with Crippen molar-refractivity contribution in [1.29, 1.82) is 0 Å². The lowest BCUT2D eigenvalue weighted by Crippen LogP contribution is -2.47. The minimum atomic E-state index is -4.91. The van der Waals surface area contributed by atoms with E-state index in [0.717, 1.165) is 32.4 Å². The summed E-state index contributed by atoms with van der Waals surface area (Å²) in [7, 11) is 2.64. The molecule has 0 aliphatic carbocycles. The summed E-state index contributed by atoms with van der Waals surface area (Å²) in [4.78, 5) is 17.0. The molecule has 0 radical (unpaired) electrons. The van der Waals surface area contributed by atoms with Gasteiger partial charge in [0, 0.05) is 23.9 Å². The smallest absolute Gasteiger partial charge is 0.417 e. The monoisotopic (exact) mass is 491 g/mol. The number of nitrogens with zero attached hydrogens (tertiary/aromatic N) is 1. The maximum Gasteiger partial charge on any atom is 0.417 e. The van der Waals surface area contributed by atoms with Crippen LogP contribution in [0.5, 0.6) is 5.75 Å². The molecule has 1 aliphatic heterocycles. The zero-order chi connectivity index (χ0) is 25.4. The molecule has 4 atom stereocenters. The molecule has 1 aliphatic rings. The Morgan fingerprint density at radius 2 is 1.91 bits per heavy atom. The summed E-state index contributed by atoms with van der Waals surface area (Å²) in [6, 6.07) is 2.99. The second kappa shape index (κ2) is 9.41. The number of rotatable bonds is 6. The van der Waals surface area contributed by atoms with Crippen molar-refractivity contribution in [3.05, 3.63) is 53.1 Å². The molecule has 1 aromatic carbocycles. The van der Waals surface area contributed by atoms with Gasteiger partial charge in [-0.25, -0.2) is 8.78 Å². The Kier molecular flexibility index (Phi) is 7.13. The maximum absolute atomic E-state index is 14.4. The summed E-state index contributed by atoms with van der Waals surface area (Å²) >= 11 is 0. The quantitative estimate of drug-likeness (QED) is 0.590. The minimum Gasteiger partial charge on any atom is -0.493 e. The van der Waals surface area contributed by atoms with Gasteiger partial charge in [0.05, 0.1) is 24.7 Å². The van der Waals surface area contributed by atoms with Crippen LogP contribution in [-0.2, 0) is 16.1 Å². The fraction of sp³-hybridized carbons (Fsp3) is 0.455. The van der Waals surface area contributed by atoms with Gasteiger partial charge in [0.25, 0.3) is 5.91 Å². The van der Waals surface area contributed by atoms with Crippen LogP contribution in [-0.4, -0.2) is 42.9 Å². The van der Waals surface area contributed by atoms with E-state index in [1.165, 1.54) is 13.0 Å². The first-order valence-corrected chi connectivity index (χ1v) is 10.2. The molecule has 1 saturated heterocycles. The highest BCUT2D eigenvalue weighted by Gasteiger charge is 2.66. The van der Waals surface area contributed by atoms with Gasteiger partial charge in [-0.05, 0) is 26.1 Å². The molecule has 0 unspecified atom stereocenters. The molecule has 3 rings (SSSR count). The fourth-order valence-electron chi connectivity index (χ4n) is 4.10. The van der Waals surface area contributed by atoms with Gasteiger partial charge in [0.2, 0.25) is 5.82 Å². The van der Waals surface area contributed by atoms with Gasteiger partial charge in [0.1, 0.15) is 6.10 Å². The molecule has 1 aromatic heterocycles. The zero-order valence-electron chi connectivity index (χ0n) is 18.7. The van der Waals surface area contributed by atoms with Gasteiger partial charge >= 0.3 is 6.18 Å². The van der Waals surface area contributed by atoms with Crippen LogP contribution >= 0.6 is 0 Å². The first-order valence-electron chi connectivity index (χ1n) is 10.2. The third-order valence-corrected chi connectivity index (χ3v) is 6.10. The largest absolute Gasteiger partial charge is 0.493 e. The van der Waals surface area contributed by atoms with Crippen LogP contribution in [0, 0.1) is 23.4 Å². The number of ether oxygens (including phenoxy) is 2. The molecule has 2 N–H and O–H groups in total. The number of halogens is 6. The Morgan fingerprint density at radius 3 is 2.50 bits per heavy atom. The van der Waals surface area contributed by atoms with Crippen LogP contribution in [0.3, 0.4) is 0 Å². The third-order valence-electron chi connectivity index (χ3n) is 6.10. The van der Waals surface area contributed by atoms with Crippen LogP contribution in [0.1, 0.15) is 31.0 Å². The number of carbonyl (C=O) groups is 1. The van der Waals surface area contributed by atoms with Crippen LogP contribution in [0.4, 0.5) is 32.0 Å². The Morgan fingerprint density at radius 1 is 1.24 bits per heavy atom. The van der Waals surface area contributed by atoms with Gasteiger partial charge in [-0.15, -0.1) is 0 Å². The van der Waals surface area contributed by atoms with E-state index in [9.17, 15) is 31.1 Å². The summed E-state index contributed by atoms with van der Waals surface area (Å²) < 4.78 is 94.5. The lowest BCUT2D eigenvalue weighted by Gasteiger charge is -2.32. The second-order valence-corrected chi connectivity index (χ2v) is 8.12. The van der Waals surface area contributed by atoms with E-state index in [2.05, 4.69) is 15.6 Å². The second-order valence-electron chi connectivity index (χ2n) is 8.12. The van der Waals surface area contributed by atoms with E-state index >= 15 is 0 Å². The highest BCUT2D eigenvalue weighted by atomic mass is 19.4. The average molecular weight is 491 g/mol. The van der Waals surface area contributed by atoms with Crippen LogP contribution in [0.25, 0.3) is 0 Å². The average Bonchev–Trinajstić information content (AvgIpc) is 3.04. The van der Waals surface area contributed by atoms with Crippen molar-refractivity contribution in [2.45, 2.75) is 44.2 Å². The highest BCUT2D eigenvalue weighted by Crippen LogP contribution is 2.55. The predicted molar refractivity (Wildman–Crippen MR) is 110 cm³/mol. The molecule has 34 heavy (non-hydrogen) atoms. The van der Waals surface area contributed by atoms with Crippen molar-refractivity contribution < 1.29 is 40.6 Å². The summed E-state index contributed by atoms with van der Waals surface area (Å²) in [5.41, 5.74) is -2.96. The Balaban J connectivity index is 2.08. The van der Waals surface area contributed by atoms with Gasteiger partial charge < -0.3 is 20.1 Å². The molecule has 0 saturated carbocycles. The number of hydrogen-bond acceptors (Lipinski definition) is 5. The van der Waals surface area contributed by atoms with Crippen molar-refractivity contribution in [2.24, 2.45) is 5.92 Å². The summed E-state index contributed by atoms with van der Waals surface area (Å²) in [6.07, 6.45) is -5.88. The van der Waals surface area contributed by atoms with E-state index in [-0.39, 0.29) is 17.8 Å². The van der Waals surface area contributed by atoms with E-state index in [0.29, 0.717) is 5.69 Å². The number of benzene rings is 1. The number of nitrogens with one attached hydrogen (secondary N) is 2. The van der Waals surface area contributed by atoms with E-state index < -0.39 is 58.8 Å². The number of aromatic nitrogens is 1. The van der Waals surface area contributed by atoms with Crippen LogP contribution < -0.4 is 15.4 Å². The van der Waals surface area contributed by atoms with E-state index in [1.54, 1.807) is 7.05 Å². The first kappa shape index (κ1) is 25.8. The molecule has 1 fully saturated rings. The standard InChI is InChI=1S/C22H23F6N3O3/c1-10-16(12-5-6-13(23)17(25)18(12)33-4)19(34-21(10,2)22(26,27)28)20(32)31-15-7-11(8-29-3)30-9-14(15)24/h5-7,9-10,16,19,29H,8H2,1-4H3,(H,30,31,32)/t10-,16-,19+,21+/m0/s1. The number of amides is 1.